The summed E-state index contributed by atoms with van der Waals surface area (Å²) in [5, 5.41) is -0.424. The summed E-state index contributed by atoms with van der Waals surface area (Å²) in [5.41, 5.74) is -1.30. The molecule has 1 N–H and O–H groups in total. The van der Waals surface area contributed by atoms with Gasteiger partial charge in [0.1, 0.15) is 0 Å². The van der Waals surface area contributed by atoms with Crippen molar-refractivity contribution in [3.05, 3.63) is 69.2 Å². The van der Waals surface area contributed by atoms with Gasteiger partial charge in [-0.1, -0.05) is 24.3 Å². The highest BCUT2D eigenvalue weighted by atomic mass is 32.1. The molecule has 3 nitrogen and oxygen atoms in total. The number of rotatable bonds is 1. The number of fused-ring (bicyclic) bond motifs is 1. The smallest absolute Gasteiger partial charge is 0.331 e. The molecule has 0 aliphatic heterocycles. The second kappa shape index (κ2) is 5.10. The van der Waals surface area contributed by atoms with E-state index in [0.29, 0.717) is 5.69 Å². The fraction of sp³-hybridized carbons (Fsp3) is 0.0667. The van der Waals surface area contributed by atoms with Crippen molar-refractivity contribution in [2.75, 3.05) is 0 Å². The Bertz CT molecular complexity index is 958. The van der Waals surface area contributed by atoms with E-state index in [4.69, 9.17) is 12.2 Å². The van der Waals surface area contributed by atoms with E-state index in [2.05, 4.69) is 4.98 Å². The first-order valence-electron chi connectivity index (χ1n) is 6.30. The highest BCUT2D eigenvalue weighted by Crippen LogP contribution is 2.32. The van der Waals surface area contributed by atoms with Gasteiger partial charge < -0.3 is 4.98 Å². The molecule has 0 fully saturated rings. The van der Waals surface area contributed by atoms with Gasteiger partial charge >= 0.3 is 6.18 Å². The lowest BCUT2D eigenvalue weighted by Crippen LogP contribution is -2.23. The van der Waals surface area contributed by atoms with Crippen molar-refractivity contribution in [3.8, 4) is 5.69 Å². The maximum absolute atomic E-state index is 13.1. The van der Waals surface area contributed by atoms with Crippen LogP contribution in [0.3, 0.4) is 0 Å². The van der Waals surface area contributed by atoms with Crippen LogP contribution in [0.1, 0.15) is 5.56 Å². The molecule has 1 heterocycles. The van der Waals surface area contributed by atoms with E-state index in [1.807, 2.05) is 0 Å². The average molecular weight is 322 g/mol. The highest BCUT2D eigenvalue weighted by Gasteiger charge is 2.34. The first-order valence-corrected chi connectivity index (χ1v) is 6.71. The number of para-hydroxylation sites is 1. The summed E-state index contributed by atoms with van der Waals surface area (Å²) in [6.07, 6.45) is -4.62. The quantitative estimate of drug-likeness (QED) is 0.686. The van der Waals surface area contributed by atoms with E-state index >= 15 is 0 Å². The van der Waals surface area contributed by atoms with E-state index in [-0.39, 0.29) is 10.3 Å². The second-order valence-corrected chi connectivity index (χ2v) is 5.02. The standard InChI is InChI=1S/C15H9F3N2OS/c16-15(17,18)10-7-4-8-11-12(10)13(21)20(14(22)19-11)9-5-2-1-3-6-9/h1-8H,(H,19,22). The summed E-state index contributed by atoms with van der Waals surface area (Å²) in [6, 6.07) is 11.8. The van der Waals surface area contributed by atoms with Gasteiger partial charge in [-0.15, -0.1) is 0 Å². The third-order valence-electron chi connectivity index (χ3n) is 3.25. The number of benzene rings is 2. The van der Waals surface area contributed by atoms with Crippen LogP contribution in [0.4, 0.5) is 13.2 Å². The summed E-state index contributed by atoms with van der Waals surface area (Å²) in [5.74, 6) is 0. The van der Waals surface area contributed by atoms with Gasteiger partial charge in [0.15, 0.2) is 4.77 Å². The topological polar surface area (TPSA) is 37.8 Å². The normalized spacial score (nSPS) is 11.8. The van der Waals surface area contributed by atoms with E-state index in [1.54, 1.807) is 30.3 Å². The molecule has 0 amide bonds. The fourth-order valence-corrected chi connectivity index (χ4v) is 2.61. The Morgan fingerprint density at radius 1 is 1.00 bits per heavy atom. The Kier molecular flexibility index (Phi) is 3.37. The van der Waals surface area contributed by atoms with Gasteiger partial charge in [-0.3, -0.25) is 9.36 Å². The van der Waals surface area contributed by atoms with E-state index in [0.717, 1.165) is 10.6 Å². The maximum atomic E-state index is 13.1. The van der Waals surface area contributed by atoms with Crippen LogP contribution in [0.5, 0.6) is 0 Å². The Labute approximate surface area is 127 Å². The van der Waals surface area contributed by atoms with E-state index in [1.165, 1.54) is 12.1 Å². The molecular weight excluding hydrogens is 313 g/mol. The van der Waals surface area contributed by atoms with E-state index < -0.39 is 22.7 Å². The molecule has 22 heavy (non-hydrogen) atoms. The summed E-state index contributed by atoms with van der Waals surface area (Å²) < 4.78 is 40.5. The van der Waals surface area contributed by atoms with Gasteiger partial charge in [0.05, 0.1) is 22.2 Å². The molecule has 0 atom stereocenters. The molecule has 112 valence electrons. The summed E-state index contributed by atoms with van der Waals surface area (Å²) >= 11 is 5.11. The third-order valence-corrected chi connectivity index (χ3v) is 3.53. The van der Waals surface area contributed by atoms with Crippen LogP contribution in [0, 0.1) is 4.77 Å². The Hall–Kier alpha value is -2.41. The minimum absolute atomic E-state index is 0.0445. The van der Waals surface area contributed by atoms with Crippen LogP contribution >= 0.6 is 12.2 Å². The SMILES string of the molecule is O=c1c2c(C(F)(F)F)cccc2[nH]c(=S)n1-c1ccccc1. The lowest BCUT2D eigenvalue weighted by atomic mass is 10.1. The van der Waals surface area contributed by atoms with Crippen molar-refractivity contribution in [2.24, 2.45) is 0 Å². The molecular formula is C15H9F3N2OS. The maximum Gasteiger partial charge on any atom is 0.417 e. The number of nitrogens with one attached hydrogen (secondary N) is 1. The first-order chi connectivity index (χ1) is 10.4. The number of hydrogen-bond acceptors (Lipinski definition) is 2. The molecule has 0 unspecified atom stereocenters. The summed E-state index contributed by atoms with van der Waals surface area (Å²) in [6.45, 7) is 0. The number of alkyl halides is 3. The molecule has 7 heteroatoms. The van der Waals surface area contributed by atoms with Crippen molar-refractivity contribution >= 4 is 23.1 Å². The molecule has 0 radical (unpaired) electrons. The number of hydrogen-bond donors (Lipinski definition) is 1. The number of aromatic amines is 1. The van der Waals surface area contributed by atoms with Crippen LogP contribution in [-0.2, 0) is 6.18 Å². The zero-order chi connectivity index (χ0) is 15.9. The summed E-state index contributed by atoms with van der Waals surface area (Å²) in [4.78, 5) is 15.3. The molecule has 3 rings (SSSR count). The molecule has 0 aliphatic rings. The number of H-pyrrole nitrogens is 1. The van der Waals surface area contributed by atoms with Crippen LogP contribution < -0.4 is 5.56 Å². The molecule has 0 bridgehead atoms. The zero-order valence-corrected chi connectivity index (χ0v) is 11.8. The molecule has 2 aromatic carbocycles. The lowest BCUT2D eigenvalue weighted by molar-refractivity contribution is -0.136. The second-order valence-electron chi connectivity index (χ2n) is 4.63. The van der Waals surface area contributed by atoms with E-state index in [9.17, 15) is 18.0 Å². The number of halogens is 3. The van der Waals surface area contributed by atoms with Crippen molar-refractivity contribution in [1.29, 1.82) is 0 Å². The first kappa shape index (κ1) is 14.5. The average Bonchev–Trinajstić information content (AvgIpc) is 2.46. The van der Waals surface area contributed by atoms with Gasteiger partial charge in [0.2, 0.25) is 0 Å². The van der Waals surface area contributed by atoms with Crippen molar-refractivity contribution in [3.63, 3.8) is 0 Å². The highest BCUT2D eigenvalue weighted by molar-refractivity contribution is 7.71. The predicted octanol–water partition coefficient (Wildman–Crippen LogP) is 4.07. The van der Waals surface area contributed by atoms with Crippen LogP contribution in [0.15, 0.2) is 53.3 Å². The Morgan fingerprint density at radius 3 is 2.32 bits per heavy atom. The third kappa shape index (κ3) is 2.33. The molecule has 0 saturated carbocycles. The van der Waals surface area contributed by atoms with Gasteiger partial charge in [0, 0.05) is 0 Å². The van der Waals surface area contributed by atoms with Crippen LogP contribution in [0.2, 0.25) is 0 Å². The zero-order valence-electron chi connectivity index (χ0n) is 11.0. The minimum atomic E-state index is -4.62. The summed E-state index contributed by atoms with van der Waals surface area (Å²) in [7, 11) is 0. The van der Waals surface area contributed by atoms with Gasteiger partial charge in [-0.25, -0.2) is 0 Å². The minimum Gasteiger partial charge on any atom is -0.331 e. The van der Waals surface area contributed by atoms with Crippen molar-refractivity contribution < 1.29 is 13.2 Å². The predicted molar refractivity (Wildman–Crippen MR) is 79.7 cm³/mol. The monoisotopic (exact) mass is 322 g/mol. The molecule has 0 spiro atoms. The molecule has 0 saturated heterocycles. The fourth-order valence-electron chi connectivity index (χ4n) is 2.31. The lowest BCUT2D eigenvalue weighted by Gasteiger charge is -2.12. The number of nitrogens with zero attached hydrogens (tertiary/aromatic N) is 1. The van der Waals surface area contributed by atoms with Gasteiger partial charge in [0.25, 0.3) is 5.56 Å². The number of aromatic nitrogens is 2. The van der Waals surface area contributed by atoms with Crippen molar-refractivity contribution in [1.82, 2.24) is 9.55 Å². The van der Waals surface area contributed by atoms with Gasteiger partial charge in [-0.2, -0.15) is 13.2 Å². The van der Waals surface area contributed by atoms with Crippen LogP contribution in [-0.4, -0.2) is 9.55 Å². The molecule has 0 aliphatic carbocycles. The Morgan fingerprint density at radius 2 is 1.68 bits per heavy atom. The van der Waals surface area contributed by atoms with Crippen molar-refractivity contribution in [2.45, 2.75) is 6.18 Å². The Balaban J connectivity index is 2.48. The largest absolute Gasteiger partial charge is 0.417 e. The van der Waals surface area contributed by atoms with Crippen LogP contribution in [0.25, 0.3) is 16.6 Å². The van der Waals surface area contributed by atoms with Gasteiger partial charge in [-0.05, 0) is 36.5 Å². The molecule has 3 aromatic rings. The molecule has 1 aromatic heterocycles.